The van der Waals surface area contributed by atoms with Crippen LogP contribution >= 0.6 is 15.9 Å². The number of carbonyl (C=O) groups is 2. The SMILES string of the molecule is CC(C)n1cc(C(=O)c2ccnc(NC(=O)Cc3ccc(Br)cn3)c2)c2cncnc21. The largest absolute Gasteiger partial charge is 0.329 e. The summed E-state index contributed by atoms with van der Waals surface area (Å²) in [4.78, 5) is 42.3. The number of halogens is 1. The Morgan fingerprint density at radius 1 is 1.13 bits per heavy atom. The Balaban J connectivity index is 1.57. The Bertz CT molecular complexity index is 1270. The standard InChI is InChI=1S/C22H19BrN6O2/c1-13(2)29-11-18(17-10-24-12-27-22(17)29)21(31)14-5-6-25-19(7-14)28-20(30)8-16-4-3-15(23)9-26-16/h3-7,9-13H,8H2,1-2H3,(H,25,28,30). The average Bonchev–Trinajstić information content (AvgIpc) is 3.15. The number of nitrogens with one attached hydrogen (secondary N) is 1. The highest BCUT2D eigenvalue weighted by Gasteiger charge is 2.19. The lowest BCUT2D eigenvalue weighted by atomic mass is 10.1. The van der Waals surface area contributed by atoms with Gasteiger partial charge in [0.25, 0.3) is 0 Å². The van der Waals surface area contributed by atoms with Gasteiger partial charge in [-0.3, -0.25) is 14.6 Å². The number of anilines is 1. The van der Waals surface area contributed by atoms with E-state index in [4.69, 9.17) is 0 Å². The van der Waals surface area contributed by atoms with E-state index in [9.17, 15) is 9.59 Å². The molecule has 0 bridgehead atoms. The van der Waals surface area contributed by atoms with E-state index < -0.39 is 0 Å². The van der Waals surface area contributed by atoms with Crippen molar-refractivity contribution in [1.29, 1.82) is 0 Å². The van der Waals surface area contributed by atoms with Gasteiger partial charge in [-0.15, -0.1) is 0 Å². The van der Waals surface area contributed by atoms with Crippen LogP contribution < -0.4 is 5.32 Å². The van der Waals surface area contributed by atoms with Crippen LogP contribution in [0.15, 0.2) is 59.9 Å². The van der Waals surface area contributed by atoms with E-state index in [0.717, 1.165) is 4.47 Å². The minimum absolute atomic E-state index is 0.104. The maximum Gasteiger partial charge on any atom is 0.231 e. The molecule has 0 unspecified atom stereocenters. The van der Waals surface area contributed by atoms with Crippen molar-refractivity contribution in [1.82, 2.24) is 24.5 Å². The van der Waals surface area contributed by atoms with Crippen molar-refractivity contribution in [2.75, 3.05) is 5.32 Å². The molecule has 0 atom stereocenters. The van der Waals surface area contributed by atoms with Gasteiger partial charge in [0.15, 0.2) is 5.78 Å². The van der Waals surface area contributed by atoms with E-state index in [1.165, 1.54) is 12.5 Å². The van der Waals surface area contributed by atoms with Crippen LogP contribution in [0.1, 0.15) is 41.5 Å². The van der Waals surface area contributed by atoms with E-state index >= 15 is 0 Å². The number of hydrogen-bond donors (Lipinski definition) is 1. The van der Waals surface area contributed by atoms with E-state index in [2.05, 4.69) is 41.2 Å². The summed E-state index contributed by atoms with van der Waals surface area (Å²) in [5, 5.41) is 3.41. The van der Waals surface area contributed by atoms with Gasteiger partial charge in [0.05, 0.1) is 12.0 Å². The first-order chi connectivity index (χ1) is 14.9. The summed E-state index contributed by atoms with van der Waals surface area (Å²) in [6.45, 7) is 4.05. The number of amides is 1. The highest BCUT2D eigenvalue weighted by molar-refractivity contribution is 9.10. The van der Waals surface area contributed by atoms with Crippen molar-refractivity contribution < 1.29 is 9.59 Å². The quantitative estimate of drug-likeness (QED) is 0.420. The zero-order valence-electron chi connectivity index (χ0n) is 16.9. The smallest absolute Gasteiger partial charge is 0.231 e. The average molecular weight is 479 g/mol. The van der Waals surface area contributed by atoms with Crippen molar-refractivity contribution in [3.8, 4) is 0 Å². The summed E-state index contributed by atoms with van der Waals surface area (Å²) in [6, 6.07) is 6.92. The van der Waals surface area contributed by atoms with E-state index in [0.29, 0.717) is 33.7 Å². The predicted octanol–water partition coefficient (Wildman–Crippen LogP) is 3.98. The summed E-state index contributed by atoms with van der Waals surface area (Å²) in [5.74, 6) is -0.153. The zero-order valence-corrected chi connectivity index (χ0v) is 18.5. The highest BCUT2D eigenvalue weighted by Crippen LogP contribution is 2.25. The minimum Gasteiger partial charge on any atom is -0.329 e. The Morgan fingerprint density at radius 3 is 2.71 bits per heavy atom. The molecule has 4 rings (SSSR count). The van der Waals surface area contributed by atoms with Gasteiger partial charge < -0.3 is 9.88 Å². The van der Waals surface area contributed by atoms with Gasteiger partial charge in [-0.05, 0) is 54.0 Å². The molecular weight excluding hydrogens is 460 g/mol. The number of pyridine rings is 2. The lowest BCUT2D eigenvalue weighted by Gasteiger charge is -2.07. The van der Waals surface area contributed by atoms with Gasteiger partial charge in [0.2, 0.25) is 5.91 Å². The molecule has 0 saturated heterocycles. The van der Waals surface area contributed by atoms with Crippen molar-refractivity contribution in [2.45, 2.75) is 26.3 Å². The van der Waals surface area contributed by atoms with Crippen LogP contribution in [0, 0.1) is 0 Å². The molecule has 1 amide bonds. The second-order valence-corrected chi connectivity index (χ2v) is 8.17. The molecule has 0 spiro atoms. The molecule has 31 heavy (non-hydrogen) atoms. The molecule has 156 valence electrons. The molecule has 0 saturated carbocycles. The molecule has 8 nitrogen and oxygen atoms in total. The van der Waals surface area contributed by atoms with Gasteiger partial charge in [-0.1, -0.05) is 0 Å². The van der Waals surface area contributed by atoms with Crippen LogP contribution in [-0.4, -0.2) is 36.2 Å². The van der Waals surface area contributed by atoms with Gasteiger partial charge >= 0.3 is 0 Å². The van der Waals surface area contributed by atoms with E-state index in [-0.39, 0.29) is 24.2 Å². The number of aromatic nitrogens is 5. The maximum absolute atomic E-state index is 13.2. The Hall–Kier alpha value is -3.46. The monoisotopic (exact) mass is 478 g/mol. The topological polar surface area (TPSA) is 103 Å². The third-order valence-corrected chi connectivity index (χ3v) is 5.18. The van der Waals surface area contributed by atoms with Crippen molar-refractivity contribution in [3.05, 3.63) is 76.7 Å². The number of carbonyl (C=O) groups excluding carboxylic acids is 2. The second kappa shape index (κ2) is 8.73. The van der Waals surface area contributed by atoms with Crippen LogP contribution in [0.2, 0.25) is 0 Å². The minimum atomic E-state index is -0.267. The first-order valence-electron chi connectivity index (χ1n) is 9.64. The number of rotatable bonds is 6. The molecule has 0 aliphatic heterocycles. The van der Waals surface area contributed by atoms with E-state index in [1.54, 1.807) is 36.8 Å². The van der Waals surface area contributed by atoms with Gasteiger partial charge in [0, 0.05) is 51.9 Å². The summed E-state index contributed by atoms with van der Waals surface area (Å²) < 4.78 is 2.79. The molecule has 0 aromatic carbocycles. The Labute approximate surface area is 186 Å². The summed E-state index contributed by atoms with van der Waals surface area (Å²) in [6.07, 6.45) is 8.15. The lowest BCUT2D eigenvalue weighted by Crippen LogP contribution is -2.16. The zero-order chi connectivity index (χ0) is 22.0. The summed E-state index contributed by atoms with van der Waals surface area (Å²) >= 11 is 3.32. The third-order valence-electron chi connectivity index (χ3n) is 4.72. The van der Waals surface area contributed by atoms with Crippen LogP contribution in [-0.2, 0) is 11.2 Å². The highest BCUT2D eigenvalue weighted by atomic mass is 79.9. The van der Waals surface area contributed by atoms with Crippen molar-refractivity contribution in [3.63, 3.8) is 0 Å². The third kappa shape index (κ3) is 4.51. The lowest BCUT2D eigenvalue weighted by molar-refractivity contribution is -0.115. The van der Waals surface area contributed by atoms with Crippen LogP contribution in [0.5, 0.6) is 0 Å². The van der Waals surface area contributed by atoms with Crippen LogP contribution in [0.3, 0.4) is 0 Å². The van der Waals surface area contributed by atoms with Gasteiger partial charge in [-0.25, -0.2) is 15.0 Å². The summed E-state index contributed by atoms with van der Waals surface area (Å²) in [5.41, 5.74) is 2.26. The van der Waals surface area contributed by atoms with Crippen LogP contribution in [0.25, 0.3) is 11.0 Å². The number of ketones is 1. The van der Waals surface area contributed by atoms with E-state index in [1.807, 2.05) is 24.5 Å². The molecule has 9 heteroatoms. The normalized spacial score (nSPS) is 11.1. The molecule has 1 N–H and O–H groups in total. The van der Waals surface area contributed by atoms with Gasteiger partial charge in [0.1, 0.15) is 17.8 Å². The second-order valence-electron chi connectivity index (χ2n) is 7.26. The fraction of sp³-hybridized carbons (Fsp3) is 0.182. The van der Waals surface area contributed by atoms with Crippen LogP contribution in [0.4, 0.5) is 5.82 Å². The number of fused-ring (bicyclic) bond motifs is 1. The molecule has 4 heterocycles. The Kier molecular flexibility index (Phi) is 5.85. The fourth-order valence-electron chi connectivity index (χ4n) is 3.22. The molecule has 0 fully saturated rings. The summed E-state index contributed by atoms with van der Waals surface area (Å²) in [7, 11) is 0. The molecular formula is C22H19BrN6O2. The van der Waals surface area contributed by atoms with Crippen molar-refractivity contribution in [2.24, 2.45) is 0 Å². The molecule has 4 aromatic heterocycles. The predicted molar refractivity (Wildman–Crippen MR) is 120 cm³/mol. The first-order valence-corrected chi connectivity index (χ1v) is 10.4. The number of nitrogens with zero attached hydrogens (tertiary/aromatic N) is 5. The Morgan fingerprint density at radius 2 is 1.97 bits per heavy atom. The molecule has 0 aliphatic rings. The maximum atomic E-state index is 13.2. The van der Waals surface area contributed by atoms with Gasteiger partial charge in [-0.2, -0.15) is 0 Å². The molecule has 0 radical (unpaired) electrons. The molecule has 0 aliphatic carbocycles. The first kappa shape index (κ1) is 20.8. The number of hydrogen-bond acceptors (Lipinski definition) is 6. The van der Waals surface area contributed by atoms with Crippen molar-refractivity contribution >= 4 is 44.5 Å². The molecule has 4 aromatic rings. The fourth-order valence-corrected chi connectivity index (χ4v) is 3.46.